The highest BCUT2D eigenvalue weighted by atomic mass is 31.2. The first-order chi connectivity index (χ1) is 9.80. The van der Waals surface area contributed by atoms with Crippen LogP contribution in [0.1, 0.15) is 0 Å². The lowest BCUT2D eigenvalue weighted by Crippen LogP contribution is -2.52. The van der Waals surface area contributed by atoms with Crippen LogP contribution in [0.3, 0.4) is 0 Å². The van der Waals surface area contributed by atoms with Crippen molar-refractivity contribution in [3.63, 3.8) is 0 Å². The summed E-state index contributed by atoms with van der Waals surface area (Å²) in [7, 11) is -7.39. The summed E-state index contributed by atoms with van der Waals surface area (Å²) in [6.07, 6.45) is -24.3. The normalized spacial score (nSPS) is 21.9. The van der Waals surface area contributed by atoms with Gasteiger partial charge in [0.2, 0.25) is 0 Å². The molecule has 4 nitrogen and oxygen atoms in total. The highest BCUT2D eigenvalue weighted by molar-refractivity contribution is 7.47. The van der Waals surface area contributed by atoms with Gasteiger partial charge in [0.05, 0.1) is 0 Å². The Hall–Kier alpha value is -0.730. The van der Waals surface area contributed by atoms with E-state index in [1.807, 2.05) is 0 Å². The molecule has 0 aromatic rings. The second-order valence-corrected chi connectivity index (χ2v) is 4.84. The van der Waals surface area contributed by atoms with E-state index in [9.17, 15) is 57.3 Å². The molecule has 0 aromatic heterocycles. The van der Waals surface area contributed by atoms with Crippen molar-refractivity contribution in [3.8, 4) is 0 Å². The van der Waals surface area contributed by atoms with Crippen LogP contribution >= 0.6 is 7.82 Å². The SMILES string of the molecule is O=P(O)(OC(F)(C(F)F)C(F)(F)F)OC(F)(C(F)F)C(F)(F)F. The topological polar surface area (TPSA) is 55.8 Å². The summed E-state index contributed by atoms with van der Waals surface area (Å²) in [6.45, 7) is 0. The van der Waals surface area contributed by atoms with Crippen molar-refractivity contribution in [3.05, 3.63) is 0 Å². The van der Waals surface area contributed by atoms with Gasteiger partial charge in [0.25, 0.3) is 0 Å². The van der Waals surface area contributed by atoms with Crippen molar-refractivity contribution < 1.29 is 71.2 Å². The monoisotopic (exact) mass is 398 g/mol. The third-order valence-electron chi connectivity index (χ3n) is 1.83. The number of hydrogen-bond donors (Lipinski definition) is 1. The van der Waals surface area contributed by atoms with Crippen molar-refractivity contribution in [1.82, 2.24) is 0 Å². The maximum absolute atomic E-state index is 12.9. The van der Waals surface area contributed by atoms with Gasteiger partial charge in [-0.1, -0.05) is 0 Å². The van der Waals surface area contributed by atoms with Crippen molar-refractivity contribution in [2.45, 2.75) is 36.9 Å². The molecule has 0 aliphatic heterocycles. The Bertz CT molecular complexity index is 423. The Labute approximate surface area is 117 Å². The van der Waals surface area contributed by atoms with Crippen LogP contribution < -0.4 is 0 Å². The van der Waals surface area contributed by atoms with Gasteiger partial charge in [-0.25, -0.2) is 31.2 Å². The van der Waals surface area contributed by atoms with E-state index >= 15 is 0 Å². The Morgan fingerprint density at radius 3 is 1.04 bits per heavy atom. The van der Waals surface area contributed by atoms with E-state index in [1.165, 1.54) is 0 Å². The van der Waals surface area contributed by atoms with E-state index in [0.717, 1.165) is 0 Å². The standard InChI is InChI=1S/C6H3F12O4P/c7-1(8)3(11,5(13,14)15)21-23(19,20)22-4(12,2(9)10)6(16,17)18/h1-2H,(H,19,20). The molecule has 0 bridgehead atoms. The number of halogens is 12. The summed E-state index contributed by atoms with van der Waals surface area (Å²) in [5.74, 6) is -12.8. The molecule has 23 heavy (non-hydrogen) atoms. The van der Waals surface area contributed by atoms with Crippen LogP contribution in [0.15, 0.2) is 0 Å². The fraction of sp³-hybridized carbons (Fsp3) is 1.00. The molecule has 140 valence electrons. The molecule has 2 unspecified atom stereocenters. The first-order valence-electron chi connectivity index (χ1n) is 4.62. The second kappa shape index (κ2) is 6.29. The average molecular weight is 398 g/mol. The Morgan fingerprint density at radius 1 is 0.696 bits per heavy atom. The minimum atomic E-state index is -7.39. The van der Waals surface area contributed by atoms with Gasteiger partial charge in [0.1, 0.15) is 0 Å². The van der Waals surface area contributed by atoms with Gasteiger partial charge >= 0.3 is 44.7 Å². The second-order valence-electron chi connectivity index (χ2n) is 3.54. The summed E-state index contributed by atoms with van der Waals surface area (Å²) in [5.41, 5.74) is 0. The van der Waals surface area contributed by atoms with Crippen molar-refractivity contribution in [2.75, 3.05) is 0 Å². The number of rotatable bonds is 6. The zero-order chi connectivity index (χ0) is 19.1. The predicted molar refractivity (Wildman–Crippen MR) is 43.8 cm³/mol. The minimum Gasteiger partial charge on any atom is -0.302 e. The molecule has 1 N–H and O–H groups in total. The van der Waals surface area contributed by atoms with E-state index in [2.05, 4.69) is 9.05 Å². The Morgan fingerprint density at radius 2 is 0.913 bits per heavy atom. The van der Waals surface area contributed by atoms with Gasteiger partial charge < -0.3 is 4.89 Å². The van der Waals surface area contributed by atoms with Crippen molar-refractivity contribution >= 4 is 7.82 Å². The van der Waals surface area contributed by atoms with Gasteiger partial charge in [-0.3, -0.25) is 0 Å². The van der Waals surface area contributed by atoms with Crippen LogP contribution in [0.4, 0.5) is 52.7 Å². The average Bonchev–Trinajstić information content (AvgIpc) is 2.23. The molecule has 0 heterocycles. The van der Waals surface area contributed by atoms with Crippen LogP contribution in [0.25, 0.3) is 0 Å². The van der Waals surface area contributed by atoms with E-state index in [1.54, 1.807) is 0 Å². The predicted octanol–water partition coefficient (Wildman–Crippen LogP) is 4.11. The summed E-state index contributed by atoms with van der Waals surface area (Å²) in [4.78, 5) is 8.37. The summed E-state index contributed by atoms with van der Waals surface area (Å²) in [6, 6.07) is 0. The van der Waals surface area contributed by atoms with Crippen LogP contribution in [-0.2, 0) is 13.6 Å². The molecular formula is C6H3F12O4P. The van der Waals surface area contributed by atoms with Gasteiger partial charge in [0.15, 0.2) is 0 Å². The number of phosphoric acid groups is 1. The van der Waals surface area contributed by atoms with E-state index in [-0.39, 0.29) is 0 Å². The van der Waals surface area contributed by atoms with E-state index in [4.69, 9.17) is 4.89 Å². The summed E-state index contributed by atoms with van der Waals surface area (Å²) >= 11 is 0. The van der Waals surface area contributed by atoms with Crippen LogP contribution in [0.2, 0.25) is 0 Å². The molecule has 17 heteroatoms. The third kappa shape index (κ3) is 4.64. The molecule has 0 saturated heterocycles. The molecule has 0 fully saturated rings. The molecular weight excluding hydrogens is 395 g/mol. The lowest BCUT2D eigenvalue weighted by molar-refractivity contribution is -0.363. The maximum Gasteiger partial charge on any atom is 0.478 e. The molecule has 0 aromatic carbocycles. The smallest absolute Gasteiger partial charge is 0.302 e. The summed E-state index contributed by atoms with van der Waals surface area (Å²) < 4.78 is 161. The van der Waals surface area contributed by atoms with Crippen LogP contribution in [0.5, 0.6) is 0 Å². The van der Waals surface area contributed by atoms with Crippen LogP contribution in [-0.4, -0.2) is 41.8 Å². The van der Waals surface area contributed by atoms with Gasteiger partial charge in [0, 0.05) is 0 Å². The highest BCUT2D eigenvalue weighted by Crippen LogP contribution is 2.59. The highest BCUT2D eigenvalue weighted by Gasteiger charge is 2.72. The largest absolute Gasteiger partial charge is 0.478 e. The van der Waals surface area contributed by atoms with Gasteiger partial charge in [-0.2, -0.15) is 35.1 Å². The first kappa shape index (κ1) is 22.3. The number of alkyl halides is 12. The zero-order valence-corrected chi connectivity index (χ0v) is 10.7. The van der Waals surface area contributed by atoms with E-state index in [0.29, 0.717) is 0 Å². The lowest BCUT2D eigenvalue weighted by Gasteiger charge is -2.32. The van der Waals surface area contributed by atoms with Gasteiger partial charge in [-0.15, -0.1) is 0 Å². The summed E-state index contributed by atoms with van der Waals surface area (Å²) in [5, 5.41) is 0. The fourth-order valence-corrected chi connectivity index (χ4v) is 1.86. The maximum atomic E-state index is 12.9. The number of hydrogen-bond acceptors (Lipinski definition) is 3. The van der Waals surface area contributed by atoms with E-state index < -0.39 is 44.7 Å². The minimum absolute atomic E-state index is 2.17. The Balaban J connectivity index is 5.71. The molecule has 2 atom stereocenters. The molecule has 0 aliphatic carbocycles. The Kier molecular flexibility index (Phi) is 6.09. The fourth-order valence-electron chi connectivity index (χ4n) is 0.785. The van der Waals surface area contributed by atoms with Gasteiger partial charge in [-0.05, 0) is 0 Å². The first-order valence-corrected chi connectivity index (χ1v) is 6.11. The number of phosphoric ester groups is 1. The molecule has 0 amide bonds. The van der Waals surface area contributed by atoms with Crippen molar-refractivity contribution in [1.29, 1.82) is 0 Å². The molecule has 0 radical (unpaired) electrons. The third-order valence-corrected chi connectivity index (χ3v) is 2.82. The quantitative estimate of drug-likeness (QED) is 0.541. The molecule has 0 aliphatic rings. The molecule has 0 spiro atoms. The zero-order valence-electron chi connectivity index (χ0n) is 9.81. The lowest BCUT2D eigenvalue weighted by atomic mass is 10.3. The van der Waals surface area contributed by atoms with Crippen molar-refractivity contribution in [2.24, 2.45) is 0 Å². The molecule has 0 rings (SSSR count). The van der Waals surface area contributed by atoms with Crippen LogP contribution in [0, 0.1) is 0 Å². The molecule has 0 saturated carbocycles.